The molecule has 1 amide bonds. The number of thiazole rings is 1. The molecule has 152 valence electrons. The molecule has 0 unspecified atom stereocenters. The third kappa shape index (κ3) is 5.31. The first-order valence-electron chi connectivity index (χ1n) is 9.28. The van der Waals surface area contributed by atoms with E-state index in [9.17, 15) is 4.79 Å². The lowest BCUT2D eigenvalue weighted by molar-refractivity contribution is -0.118. The molecule has 1 aromatic heterocycles. The number of fused-ring (bicyclic) bond motifs is 1. The Bertz CT molecular complexity index is 1060. The highest BCUT2D eigenvalue weighted by Gasteiger charge is 2.12. The number of allylic oxidation sites excluding steroid dienone is 1. The molecule has 0 aliphatic heterocycles. The predicted molar refractivity (Wildman–Crippen MR) is 120 cm³/mol. The number of aromatic nitrogens is 1. The summed E-state index contributed by atoms with van der Waals surface area (Å²) in [5, 5.41) is 0. The number of benzene rings is 2. The van der Waals surface area contributed by atoms with Crippen LogP contribution in [0.3, 0.4) is 0 Å². The summed E-state index contributed by atoms with van der Waals surface area (Å²) >= 11 is 3.22. The maximum atomic E-state index is 12.4. The number of hydrogen-bond donors (Lipinski definition) is 0. The smallest absolute Gasteiger partial charge is 0.248 e. The van der Waals surface area contributed by atoms with E-state index in [-0.39, 0.29) is 5.91 Å². The van der Waals surface area contributed by atoms with Gasteiger partial charge in [0, 0.05) is 30.0 Å². The van der Waals surface area contributed by atoms with Gasteiger partial charge in [-0.25, -0.2) is 0 Å². The maximum absolute atomic E-state index is 12.4. The number of rotatable bonds is 9. The van der Waals surface area contributed by atoms with E-state index < -0.39 is 0 Å². The predicted octanol–water partition coefficient (Wildman–Crippen LogP) is 4.91. The Morgan fingerprint density at radius 2 is 1.93 bits per heavy atom. The molecule has 0 bridgehead atoms. The van der Waals surface area contributed by atoms with Gasteiger partial charge in [0.25, 0.3) is 0 Å². The van der Waals surface area contributed by atoms with Crippen LogP contribution in [0.25, 0.3) is 10.2 Å². The van der Waals surface area contributed by atoms with Gasteiger partial charge in [-0.3, -0.25) is 4.79 Å². The standard InChI is InChI=1S/C22H24N2O3S2/c1-4-12-24-17-14-18(26-2)19(27-3)15-20(17)29-22(24)23-21(25)11-8-13-28-16-9-6-5-7-10-16/h4-7,9-10,14-15H,1,8,11-13H2,2-3H3. The fraction of sp³-hybridized carbons (Fsp3) is 0.273. The topological polar surface area (TPSA) is 52.8 Å². The number of carbonyl (C=O) groups excluding carboxylic acids is 1. The summed E-state index contributed by atoms with van der Waals surface area (Å²) in [6.45, 7) is 4.39. The van der Waals surface area contributed by atoms with E-state index in [4.69, 9.17) is 9.47 Å². The Kier molecular flexibility index (Phi) is 7.55. The van der Waals surface area contributed by atoms with Crippen LogP contribution in [0, 0.1) is 0 Å². The lowest BCUT2D eigenvalue weighted by atomic mass is 10.3. The maximum Gasteiger partial charge on any atom is 0.248 e. The van der Waals surface area contributed by atoms with Crippen molar-refractivity contribution in [2.24, 2.45) is 4.99 Å². The van der Waals surface area contributed by atoms with E-state index in [1.54, 1.807) is 32.1 Å². The Balaban J connectivity index is 1.77. The molecule has 2 aromatic carbocycles. The van der Waals surface area contributed by atoms with Gasteiger partial charge in [0.05, 0.1) is 24.4 Å². The van der Waals surface area contributed by atoms with Crippen molar-refractivity contribution in [3.63, 3.8) is 0 Å². The van der Waals surface area contributed by atoms with Crippen molar-refractivity contribution in [1.29, 1.82) is 0 Å². The van der Waals surface area contributed by atoms with Crippen LogP contribution in [0.1, 0.15) is 12.8 Å². The quantitative estimate of drug-likeness (QED) is 0.276. The molecule has 0 atom stereocenters. The number of carbonyl (C=O) groups is 1. The van der Waals surface area contributed by atoms with Crippen molar-refractivity contribution in [3.05, 3.63) is 59.9 Å². The Hall–Kier alpha value is -2.51. The van der Waals surface area contributed by atoms with Crippen molar-refractivity contribution < 1.29 is 14.3 Å². The molecule has 0 saturated carbocycles. The van der Waals surface area contributed by atoms with Crippen molar-refractivity contribution in [2.45, 2.75) is 24.3 Å². The van der Waals surface area contributed by atoms with Gasteiger partial charge in [0.15, 0.2) is 16.3 Å². The molecule has 0 radical (unpaired) electrons. The molecule has 3 rings (SSSR count). The van der Waals surface area contributed by atoms with E-state index in [1.165, 1.54) is 16.2 Å². The first-order chi connectivity index (χ1) is 14.2. The Morgan fingerprint density at radius 3 is 2.62 bits per heavy atom. The fourth-order valence-corrected chi connectivity index (χ4v) is 4.82. The number of methoxy groups -OCH3 is 2. The monoisotopic (exact) mass is 428 g/mol. The molecule has 5 nitrogen and oxygen atoms in total. The van der Waals surface area contributed by atoms with Gasteiger partial charge >= 0.3 is 0 Å². The SMILES string of the molecule is C=CCn1c(=NC(=O)CCCSc2ccccc2)sc2cc(OC)c(OC)cc21. The van der Waals surface area contributed by atoms with Gasteiger partial charge in [0.1, 0.15) is 0 Å². The lowest BCUT2D eigenvalue weighted by Crippen LogP contribution is -2.16. The van der Waals surface area contributed by atoms with Gasteiger partial charge in [-0.1, -0.05) is 35.6 Å². The minimum Gasteiger partial charge on any atom is -0.493 e. The summed E-state index contributed by atoms with van der Waals surface area (Å²) in [6.07, 6.45) is 3.01. The van der Waals surface area contributed by atoms with Crippen LogP contribution in [0.15, 0.2) is 65.0 Å². The second-order valence-corrected chi connectivity index (χ2v) is 8.41. The number of ether oxygens (including phenoxy) is 2. The molecule has 29 heavy (non-hydrogen) atoms. The van der Waals surface area contributed by atoms with E-state index >= 15 is 0 Å². The molecule has 0 N–H and O–H groups in total. The average molecular weight is 429 g/mol. The second-order valence-electron chi connectivity index (χ2n) is 6.23. The first kappa shape index (κ1) is 21.2. The second kappa shape index (κ2) is 10.3. The zero-order valence-electron chi connectivity index (χ0n) is 16.6. The zero-order valence-corrected chi connectivity index (χ0v) is 18.2. The van der Waals surface area contributed by atoms with E-state index in [1.807, 2.05) is 34.9 Å². The van der Waals surface area contributed by atoms with Crippen LogP contribution < -0.4 is 14.3 Å². The largest absolute Gasteiger partial charge is 0.493 e. The minimum atomic E-state index is -0.109. The molecule has 3 aromatic rings. The number of amides is 1. The van der Waals surface area contributed by atoms with Gasteiger partial charge in [0.2, 0.25) is 5.91 Å². The molecular formula is C22H24N2O3S2. The molecule has 0 saturated heterocycles. The first-order valence-corrected chi connectivity index (χ1v) is 11.1. The molecule has 1 heterocycles. The average Bonchev–Trinajstić information content (AvgIpc) is 3.07. The van der Waals surface area contributed by atoms with Gasteiger partial charge < -0.3 is 14.0 Å². The summed E-state index contributed by atoms with van der Waals surface area (Å²) in [5.41, 5.74) is 0.943. The van der Waals surface area contributed by atoms with E-state index in [0.29, 0.717) is 29.3 Å². The van der Waals surface area contributed by atoms with Crippen LogP contribution in [0.2, 0.25) is 0 Å². The molecule has 7 heteroatoms. The van der Waals surface area contributed by atoms with Crippen LogP contribution in [-0.2, 0) is 11.3 Å². The molecule has 0 aliphatic carbocycles. The normalized spacial score (nSPS) is 11.6. The van der Waals surface area contributed by atoms with Crippen molar-refractivity contribution >= 4 is 39.2 Å². The van der Waals surface area contributed by atoms with Crippen LogP contribution >= 0.6 is 23.1 Å². The molecule has 0 spiro atoms. The van der Waals surface area contributed by atoms with Gasteiger partial charge in [-0.2, -0.15) is 4.99 Å². The minimum absolute atomic E-state index is 0.109. The summed E-state index contributed by atoms with van der Waals surface area (Å²) in [4.78, 5) is 18.7. The van der Waals surface area contributed by atoms with Crippen LogP contribution in [0.5, 0.6) is 11.5 Å². The van der Waals surface area contributed by atoms with E-state index in [2.05, 4.69) is 23.7 Å². The summed E-state index contributed by atoms with van der Waals surface area (Å²) in [5.74, 6) is 2.08. The summed E-state index contributed by atoms with van der Waals surface area (Å²) < 4.78 is 13.8. The van der Waals surface area contributed by atoms with Crippen LogP contribution in [0.4, 0.5) is 0 Å². The van der Waals surface area contributed by atoms with Gasteiger partial charge in [-0.05, 0) is 24.3 Å². The van der Waals surface area contributed by atoms with Gasteiger partial charge in [-0.15, -0.1) is 18.3 Å². The highest BCUT2D eigenvalue weighted by molar-refractivity contribution is 7.99. The summed E-state index contributed by atoms with van der Waals surface area (Å²) in [6, 6.07) is 14.0. The third-order valence-corrected chi connectivity index (χ3v) is 6.41. The third-order valence-electron chi connectivity index (χ3n) is 4.27. The number of thioether (sulfide) groups is 1. The highest BCUT2D eigenvalue weighted by atomic mass is 32.2. The highest BCUT2D eigenvalue weighted by Crippen LogP contribution is 2.33. The zero-order chi connectivity index (χ0) is 20.6. The Labute approximate surface area is 178 Å². The van der Waals surface area contributed by atoms with Crippen molar-refractivity contribution in [3.8, 4) is 11.5 Å². The van der Waals surface area contributed by atoms with Crippen molar-refractivity contribution in [2.75, 3.05) is 20.0 Å². The van der Waals surface area contributed by atoms with Crippen LogP contribution in [-0.4, -0.2) is 30.4 Å². The molecule has 0 fully saturated rings. The number of hydrogen-bond acceptors (Lipinski definition) is 5. The molecular weight excluding hydrogens is 404 g/mol. The summed E-state index contributed by atoms with van der Waals surface area (Å²) in [7, 11) is 3.22. The van der Waals surface area contributed by atoms with Crippen molar-refractivity contribution in [1.82, 2.24) is 4.57 Å². The lowest BCUT2D eigenvalue weighted by Gasteiger charge is -2.08. The van der Waals surface area contributed by atoms with E-state index in [0.717, 1.165) is 22.4 Å². The fourth-order valence-electron chi connectivity index (χ4n) is 2.88. The Morgan fingerprint density at radius 1 is 1.21 bits per heavy atom. The molecule has 0 aliphatic rings. The number of nitrogens with zero attached hydrogens (tertiary/aromatic N) is 2.